The molecule has 0 amide bonds. The van der Waals surface area contributed by atoms with E-state index in [1.807, 2.05) is 0 Å². The summed E-state index contributed by atoms with van der Waals surface area (Å²) in [4.78, 5) is 48.8. The van der Waals surface area contributed by atoms with Gasteiger partial charge in [-0.3, -0.25) is 9.36 Å². The number of fused-ring (bicyclic) bond motifs is 4. The van der Waals surface area contributed by atoms with Gasteiger partial charge in [0.05, 0.1) is 11.7 Å². The number of anilines is 1. The molecule has 7 rings (SSSR count). The van der Waals surface area contributed by atoms with Gasteiger partial charge < -0.3 is 33.5 Å². The fourth-order valence-electron chi connectivity index (χ4n) is 6.12. The van der Waals surface area contributed by atoms with Crippen LogP contribution < -0.4 is 11.6 Å². The number of nitrogens with zero attached hydrogens (tertiary/aromatic N) is 4. The zero-order chi connectivity index (χ0) is 29.6. The van der Waals surface area contributed by atoms with Crippen molar-refractivity contribution in [3.63, 3.8) is 0 Å². The number of halogens is 1. The number of hydrogen-bond acceptors (Lipinski definition) is 13. The van der Waals surface area contributed by atoms with Gasteiger partial charge in [-0.2, -0.15) is 14.4 Å². The van der Waals surface area contributed by atoms with Crippen molar-refractivity contribution in [3.8, 4) is 12.3 Å². The molecule has 1 aliphatic heterocycles. The molecule has 4 fully saturated rings. The summed E-state index contributed by atoms with van der Waals surface area (Å²) in [6, 6.07) is 0. The topological polar surface area (TPSA) is 184 Å². The Kier molecular flexibility index (Phi) is 6.88. The molecule has 3 aromatic rings. The number of hydrogen-bond donors (Lipinski definition) is 1. The second-order valence-electron chi connectivity index (χ2n) is 11.0. The Morgan fingerprint density at radius 3 is 2.62 bits per heavy atom. The number of terminal acetylenes is 1. The third kappa shape index (κ3) is 4.85. The Balaban J connectivity index is 1.24. The van der Waals surface area contributed by atoms with Gasteiger partial charge in [-0.25, -0.2) is 14.6 Å². The second kappa shape index (κ2) is 10.4. The SMILES string of the molecule is C#C[C@]1(COC(=O)OCc2oc(=O)oc2C)O[C@@H](n2cnc3c(N)nc(F)nc32)C[C@@H]1OC(=O)C12CCC(CC1)CC2. The van der Waals surface area contributed by atoms with Gasteiger partial charge in [0.15, 0.2) is 35.1 Å². The number of ether oxygens (including phenoxy) is 4. The van der Waals surface area contributed by atoms with Crippen LogP contribution in [0.3, 0.4) is 0 Å². The molecule has 4 aliphatic rings. The average molecular weight is 586 g/mol. The number of aromatic nitrogens is 4. The molecule has 3 aliphatic carbocycles. The highest BCUT2D eigenvalue weighted by Crippen LogP contribution is 2.52. The molecule has 2 bridgehead atoms. The zero-order valence-corrected chi connectivity index (χ0v) is 22.7. The summed E-state index contributed by atoms with van der Waals surface area (Å²) in [7, 11) is 0. The largest absolute Gasteiger partial charge is 0.519 e. The summed E-state index contributed by atoms with van der Waals surface area (Å²) in [6.45, 7) is 0.479. The Bertz CT molecular complexity index is 1620. The summed E-state index contributed by atoms with van der Waals surface area (Å²) in [6.07, 6.45) is 8.14. The number of aryl methyl sites for hydroxylation is 1. The maximum absolute atomic E-state index is 14.0. The van der Waals surface area contributed by atoms with Gasteiger partial charge in [0.2, 0.25) is 5.60 Å². The quantitative estimate of drug-likeness (QED) is 0.243. The van der Waals surface area contributed by atoms with E-state index in [0.29, 0.717) is 5.92 Å². The lowest BCUT2D eigenvalue weighted by Gasteiger charge is -2.45. The number of esters is 1. The smallest absolute Gasteiger partial charge is 0.457 e. The fourth-order valence-corrected chi connectivity index (χ4v) is 6.12. The second-order valence-corrected chi connectivity index (χ2v) is 11.0. The van der Waals surface area contributed by atoms with E-state index in [4.69, 9.17) is 39.9 Å². The van der Waals surface area contributed by atoms with Crippen molar-refractivity contribution in [2.24, 2.45) is 11.3 Å². The van der Waals surface area contributed by atoms with E-state index in [2.05, 4.69) is 20.9 Å². The predicted octanol–water partition coefficient (Wildman–Crippen LogP) is 2.93. The minimum atomic E-state index is -1.74. The van der Waals surface area contributed by atoms with Crippen molar-refractivity contribution >= 4 is 29.1 Å². The Morgan fingerprint density at radius 2 is 1.95 bits per heavy atom. The van der Waals surface area contributed by atoms with Crippen molar-refractivity contribution in [2.75, 3.05) is 12.3 Å². The third-order valence-electron chi connectivity index (χ3n) is 8.59. The monoisotopic (exact) mass is 585 g/mol. The van der Waals surface area contributed by atoms with Crippen LogP contribution in [0.1, 0.15) is 62.7 Å². The van der Waals surface area contributed by atoms with E-state index in [-0.39, 0.29) is 40.9 Å². The predicted molar refractivity (Wildman–Crippen MR) is 138 cm³/mol. The average Bonchev–Trinajstić information content (AvgIpc) is 3.66. The highest BCUT2D eigenvalue weighted by molar-refractivity contribution is 5.81. The molecule has 42 heavy (non-hydrogen) atoms. The van der Waals surface area contributed by atoms with Crippen LogP contribution in [0, 0.1) is 36.7 Å². The molecule has 2 N–H and O–H groups in total. The first-order valence-corrected chi connectivity index (χ1v) is 13.5. The van der Waals surface area contributed by atoms with E-state index in [0.717, 1.165) is 38.5 Å². The molecule has 1 saturated heterocycles. The normalized spacial score (nSPS) is 28.5. The van der Waals surface area contributed by atoms with Crippen LogP contribution in [0.4, 0.5) is 15.0 Å². The molecule has 15 heteroatoms. The van der Waals surface area contributed by atoms with Crippen LogP contribution in [-0.4, -0.2) is 50.0 Å². The van der Waals surface area contributed by atoms with Crippen LogP contribution in [0.15, 0.2) is 20.0 Å². The van der Waals surface area contributed by atoms with E-state index in [1.54, 1.807) is 0 Å². The maximum atomic E-state index is 14.0. The molecule has 0 unspecified atom stereocenters. The lowest BCUT2D eigenvalue weighted by molar-refractivity contribution is -0.177. The number of carbonyl (C=O) groups excluding carboxylic acids is 2. The van der Waals surface area contributed by atoms with Gasteiger partial charge >= 0.3 is 24.0 Å². The summed E-state index contributed by atoms with van der Waals surface area (Å²) in [5.41, 5.74) is 3.65. The van der Waals surface area contributed by atoms with E-state index < -0.39 is 54.6 Å². The Labute approximate surface area is 237 Å². The van der Waals surface area contributed by atoms with Gasteiger partial charge in [0.25, 0.3) is 0 Å². The van der Waals surface area contributed by atoms with Crippen molar-refractivity contribution in [1.29, 1.82) is 0 Å². The molecule has 3 saturated carbocycles. The number of rotatable bonds is 7. The maximum Gasteiger partial charge on any atom is 0.519 e. The Morgan fingerprint density at radius 1 is 1.21 bits per heavy atom. The summed E-state index contributed by atoms with van der Waals surface area (Å²) < 4.78 is 47.6. The zero-order valence-electron chi connectivity index (χ0n) is 22.7. The van der Waals surface area contributed by atoms with Gasteiger partial charge in [-0.1, -0.05) is 5.92 Å². The van der Waals surface area contributed by atoms with Gasteiger partial charge in [0.1, 0.15) is 18.9 Å². The number of nitrogens with two attached hydrogens (primary N) is 1. The van der Waals surface area contributed by atoms with E-state index in [9.17, 15) is 18.8 Å². The number of imidazole rings is 1. The lowest BCUT2D eigenvalue weighted by Crippen LogP contribution is -2.49. The highest BCUT2D eigenvalue weighted by Gasteiger charge is 2.55. The standard InChI is InChI=1S/C27H28FN5O9/c1-3-27(12-38-24(35)37-11-16-14(2)39-25(36)40-16)17(41-22(34)26-7-4-15(5-8-26)6-9-26)10-18(42-27)33-13-30-19-20(29)31-23(28)32-21(19)33/h1,13,15,17-18H,4-12H2,2H3,(H2,29,31,32)/t15?,17-,18+,26?,27+/m0/s1. The molecule has 4 heterocycles. The van der Waals surface area contributed by atoms with Gasteiger partial charge in [-0.15, -0.1) is 6.42 Å². The van der Waals surface area contributed by atoms with Crippen LogP contribution in [-0.2, 0) is 30.3 Å². The first-order chi connectivity index (χ1) is 20.1. The lowest BCUT2D eigenvalue weighted by atomic mass is 9.61. The van der Waals surface area contributed by atoms with Crippen molar-refractivity contribution in [3.05, 3.63) is 34.5 Å². The van der Waals surface area contributed by atoms with E-state index in [1.165, 1.54) is 17.8 Å². The molecular formula is C27H28FN5O9. The molecule has 0 radical (unpaired) electrons. The fraction of sp³-hybridized carbons (Fsp3) is 0.556. The third-order valence-corrected chi connectivity index (χ3v) is 8.59. The van der Waals surface area contributed by atoms with Crippen molar-refractivity contribution < 1.29 is 41.8 Å². The minimum absolute atomic E-state index is 0.00883. The van der Waals surface area contributed by atoms with Crippen molar-refractivity contribution in [2.45, 2.75) is 76.4 Å². The van der Waals surface area contributed by atoms with Crippen LogP contribution >= 0.6 is 0 Å². The minimum Gasteiger partial charge on any atom is -0.457 e. The number of carbonyl (C=O) groups is 2. The van der Waals surface area contributed by atoms with Crippen molar-refractivity contribution in [1.82, 2.24) is 19.5 Å². The first-order valence-electron chi connectivity index (χ1n) is 13.5. The molecule has 222 valence electrons. The van der Waals surface area contributed by atoms with Crippen LogP contribution in [0.2, 0.25) is 0 Å². The summed E-state index contributed by atoms with van der Waals surface area (Å²) in [5, 5.41) is 0. The molecule has 3 aromatic heterocycles. The molecule has 0 aromatic carbocycles. The molecule has 14 nitrogen and oxygen atoms in total. The highest BCUT2D eigenvalue weighted by atomic mass is 19.1. The molecular weight excluding hydrogens is 557 g/mol. The molecule has 3 atom stereocenters. The first kappa shape index (κ1) is 27.7. The van der Waals surface area contributed by atoms with Gasteiger partial charge in [-0.05, 0) is 51.4 Å². The van der Waals surface area contributed by atoms with Crippen LogP contribution in [0.5, 0.6) is 0 Å². The summed E-state index contributed by atoms with van der Waals surface area (Å²) in [5.74, 6) is 1.81. The summed E-state index contributed by atoms with van der Waals surface area (Å²) >= 11 is 0. The van der Waals surface area contributed by atoms with E-state index >= 15 is 0 Å². The van der Waals surface area contributed by atoms with Gasteiger partial charge in [0, 0.05) is 6.42 Å². The molecule has 0 spiro atoms. The van der Waals surface area contributed by atoms with Crippen LogP contribution in [0.25, 0.3) is 11.2 Å². The Hall–Kier alpha value is -4.45. The number of nitrogen functional groups attached to an aromatic ring is 1.